The number of aliphatic hydroxyl groups is 1. The number of aromatic nitrogens is 2. The monoisotopic (exact) mass is 422 g/mol. The third-order valence-electron chi connectivity index (χ3n) is 5.58. The Morgan fingerprint density at radius 2 is 1.84 bits per heavy atom. The molecule has 1 aromatic heterocycles. The van der Waals surface area contributed by atoms with E-state index in [4.69, 9.17) is 10.2 Å². The van der Waals surface area contributed by atoms with Crippen LogP contribution in [0.2, 0.25) is 0 Å². The smallest absolute Gasteiger partial charge is 0.234 e. The number of alkyl halides is 1. The van der Waals surface area contributed by atoms with E-state index in [2.05, 4.69) is 17.4 Å². The summed E-state index contributed by atoms with van der Waals surface area (Å²) in [5.74, 6) is -0.169. The molecule has 2 heterocycles. The lowest BCUT2D eigenvalue weighted by molar-refractivity contribution is -0.122. The zero-order valence-electron chi connectivity index (χ0n) is 17.4. The Morgan fingerprint density at radius 1 is 1.13 bits per heavy atom. The summed E-state index contributed by atoms with van der Waals surface area (Å²) in [5.41, 5.74) is 2.29. The lowest BCUT2D eigenvalue weighted by atomic mass is 10.1. The van der Waals surface area contributed by atoms with E-state index in [1.165, 1.54) is 0 Å². The van der Waals surface area contributed by atoms with Crippen LogP contribution in [0.5, 0.6) is 0 Å². The van der Waals surface area contributed by atoms with Crippen LogP contribution in [0.3, 0.4) is 0 Å². The molecule has 4 rings (SSSR count). The van der Waals surface area contributed by atoms with Gasteiger partial charge in [0.1, 0.15) is 5.67 Å². The molecule has 3 aromatic rings. The highest BCUT2D eigenvalue weighted by atomic mass is 19.1. The highest BCUT2D eigenvalue weighted by molar-refractivity contribution is 5.78. The van der Waals surface area contributed by atoms with Crippen molar-refractivity contribution in [2.75, 3.05) is 26.2 Å². The molecular formula is C24H27FN4O2. The van der Waals surface area contributed by atoms with Crippen molar-refractivity contribution in [3.63, 3.8) is 0 Å². The summed E-state index contributed by atoms with van der Waals surface area (Å²) in [7, 11) is 0. The topological polar surface area (TPSA) is 70.4 Å². The van der Waals surface area contributed by atoms with Gasteiger partial charge in [-0.15, -0.1) is 0 Å². The molecule has 1 atom stereocenters. The van der Waals surface area contributed by atoms with Gasteiger partial charge in [0.2, 0.25) is 5.91 Å². The Hall–Kier alpha value is -3.03. The van der Waals surface area contributed by atoms with Crippen molar-refractivity contribution in [3.8, 4) is 11.3 Å². The van der Waals surface area contributed by atoms with Crippen molar-refractivity contribution >= 4 is 5.91 Å². The van der Waals surface area contributed by atoms with E-state index in [1.807, 2.05) is 59.4 Å². The zero-order chi connectivity index (χ0) is 21.7. The number of hydrogen-bond acceptors (Lipinski definition) is 4. The molecule has 1 aliphatic heterocycles. The summed E-state index contributed by atoms with van der Waals surface area (Å²) < 4.78 is 16.1. The van der Waals surface area contributed by atoms with Crippen LogP contribution in [0, 0.1) is 0 Å². The van der Waals surface area contributed by atoms with Gasteiger partial charge in [-0.1, -0.05) is 60.7 Å². The molecule has 0 radical (unpaired) electrons. The molecule has 162 valence electrons. The van der Waals surface area contributed by atoms with Crippen molar-refractivity contribution in [1.29, 1.82) is 0 Å². The Bertz CT molecular complexity index is 1010. The number of nitrogens with one attached hydrogen (secondary N) is 1. The van der Waals surface area contributed by atoms with E-state index in [-0.39, 0.29) is 25.4 Å². The van der Waals surface area contributed by atoms with Crippen molar-refractivity contribution in [2.24, 2.45) is 0 Å². The SMILES string of the molecule is O=C(CN1CCC(F)(CO)C1)NCc1cn(Cc2ccccc2)nc1-c1ccccc1. The minimum absolute atomic E-state index is 0.0845. The van der Waals surface area contributed by atoms with Crippen molar-refractivity contribution in [3.05, 3.63) is 78.0 Å². The van der Waals surface area contributed by atoms with E-state index >= 15 is 0 Å². The van der Waals surface area contributed by atoms with Gasteiger partial charge in [-0.3, -0.25) is 14.4 Å². The Labute approximate surface area is 181 Å². The Balaban J connectivity index is 1.44. The molecule has 2 N–H and O–H groups in total. The molecule has 31 heavy (non-hydrogen) atoms. The van der Waals surface area contributed by atoms with Gasteiger partial charge in [0, 0.05) is 37.0 Å². The molecule has 2 aromatic carbocycles. The first-order valence-corrected chi connectivity index (χ1v) is 10.5. The fraction of sp³-hybridized carbons (Fsp3) is 0.333. The average Bonchev–Trinajstić information content (AvgIpc) is 3.37. The normalized spacial score (nSPS) is 18.9. The minimum atomic E-state index is -1.60. The van der Waals surface area contributed by atoms with Crippen LogP contribution < -0.4 is 5.32 Å². The minimum Gasteiger partial charge on any atom is -0.393 e. The van der Waals surface area contributed by atoms with Gasteiger partial charge in [0.05, 0.1) is 25.4 Å². The number of nitrogens with zero attached hydrogens (tertiary/aromatic N) is 3. The van der Waals surface area contributed by atoms with E-state index in [0.29, 0.717) is 19.6 Å². The van der Waals surface area contributed by atoms with E-state index in [1.54, 1.807) is 4.90 Å². The van der Waals surface area contributed by atoms with Gasteiger partial charge in [-0.05, 0) is 12.0 Å². The average molecular weight is 423 g/mol. The maximum atomic E-state index is 14.2. The van der Waals surface area contributed by atoms with Crippen molar-refractivity contribution in [1.82, 2.24) is 20.0 Å². The Kier molecular flexibility index (Phi) is 6.44. The van der Waals surface area contributed by atoms with Gasteiger partial charge in [0.15, 0.2) is 0 Å². The predicted octanol–water partition coefficient (Wildman–Crippen LogP) is 2.62. The molecule has 0 bridgehead atoms. The first-order chi connectivity index (χ1) is 15.0. The van der Waals surface area contributed by atoms with Crippen molar-refractivity contribution in [2.45, 2.75) is 25.2 Å². The summed E-state index contributed by atoms with van der Waals surface area (Å²) in [6.07, 6.45) is 2.21. The lowest BCUT2D eigenvalue weighted by Crippen LogP contribution is -2.38. The predicted molar refractivity (Wildman–Crippen MR) is 117 cm³/mol. The number of rotatable bonds is 8. The van der Waals surface area contributed by atoms with Gasteiger partial charge < -0.3 is 10.4 Å². The molecule has 6 nitrogen and oxygen atoms in total. The lowest BCUT2D eigenvalue weighted by Gasteiger charge is -2.18. The van der Waals surface area contributed by atoms with E-state index < -0.39 is 12.3 Å². The van der Waals surface area contributed by atoms with Crippen LogP contribution in [-0.2, 0) is 17.9 Å². The molecule has 1 fully saturated rings. The number of aliphatic hydroxyl groups excluding tert-OH is 1. The van der Waals surface area contributed by atoms with Crippen molar-refractivity contribution < 1.29 is 14.3 Å². The molecule has 1 saturated heterocycles. The van der Waals surface area contributed by atoms with Crippen LogP contribution in [0.15, 0.2) is 66.9 Å². The molecule has 1 amide bonds. The number of likely N-dealkylation sites (tertiary alicyclic amines) is 1. The first kappa shape index (κ1) is 21.2. The van der Waals surface area contributed by atoms with Gasteiger partial charge in [0.25, 0.3) is 0 Å². The molecular weight excluding hydrogens is 395 g/mol. The van der Waals surface area contributed by atoms with Crippen LogP contribution in [0.1, 0.15) is 17.5 Å². The summed E-state index contributed by atoms with van der Waals surface area (Å²) in [5, 5.41) is 16.9. The largest absolute Gasteiger partial charge is 0.393 e. The standard InChI is InChI=1S/C24H27FN4O2/c25-24(18-30)11-12-28(17-24)16-22(31)26-13-21-15-29(14-19-7-3-1-4-8-19)27-23(21)20-9-5-2-6-10-20/h1-10,15,30H,11-14,16-18H2,(H,26,31). The summed E-state index contributed by atoms with van der Waals surface area (Å²) in [6, 6.07) is 20.0. The maximum Gasteiger partial charge on any atom is 0.234 e. The Morgan fingerprint density at radius 3 is 2.52 bits per heavy atom. The second-order valence-electron chi connectivity index (χ2n) is 8.10. The van der Waals surface area contributed by atoms with E-state index in [0.717, 1.165) is 22.4 Å². The molecule has 7 heteroatoms. The number of carbonyl (C=O) groups is 1. The van der Waals surface area contributed by atoms with Crippen LogP contribution >= 0.6 is 0 Å². The second kappa shape index (κ2) is 9.41. The third kappa shape index (κ3) is 5.37. The molecule has 1 aliphatic rings. The molecule has 0 spiro atoms. The number of amides is 1. The van der Waals surface area contributed by atoms with E-state index in [9.17, 15) is 9.18 Å². The van der Waals surface area contributed by atoms with Gasteiger partial charge in [-0.2, -0.15) is 5.10 Å². The fourth-order valence-corrected chi connectivity index (χ4v) is 3.92. The summed E-state index contributed by atoms with van der Waals surface area (Å²) in [6.45, 7) is 1.14. The number of benzene rings is 2. The highest BCUT2D eigenvalue weighted by Crippen LogP contribution is 2.25. The van der Waals surface area contributed by atoms with Crippen LogP contribution in [0.25, 0.3) is 11.3 Å². The number of carbonyl (C=O) groups excluding carboxylic acids is 1. The quantitative estimate of drug-likeness (QED) is 0.586. The number of halogens is 1. The second-order valence-corrected chi connectivity index (χ2v) is 8.10. The summed E-state index contributed by atoms with van der Waals surface area (Å²) >= 11 is 0. The number of hydrogen-bond donors (Lipinski definition) is 2. The summed E-state index contributed by atoms with van der Waals surface area (Å²) in [4.78, 5) is 14.2. The maximum absolute atomic E-state index is 14.2. The van der Waals surface area contributed by atoms with Crippen LogP contribution in [0.4, 0.5) is 4.39 Å². The zero-order valence-corrected chi connectivity index (χ0v) is 17.4. The van der Waals surface area contributed by atoms with Gasteiger partial charge >= 0.3 is 0 Å². The first-order valence-electron chi connectivity index (χ1n) is 10.5. The molecule has 0 saturated carbocycles. The third-order valence-corrected chi connectivity index (χ3v) is 5.58. The molecule has 0 aliphatic carbocycles. The fourth-order valence-electron chi connectivity index (χ4n) is 3.92. The van der Waals surface area contributed by atoms with Gasteiger partial charge in [-0.25, -0.2) is 4.39 Å². The van der Waals surface area contributed by atoms with Crippen LogP contribution in [-0.4, -0.2) is 57.6 Å². The molecule has 1 unspecified atom stereocenters. The highest BCUT2D eigenvalue weighted by Gasteiger charge is 2.38.